The van der Waals surface area contributed by atoms with Gasteiger partial charge in [-0.3, -0.25) is 0 Å². The highest BCUT2D eigenvalue weighted by Crippen LogP contribution is 2.25. The molecule has 5 heteroatoms. The molecule has 0 aliphatic heterocycles. The van der Waals surface area contributed by atoms with Crippen molar-refractivity contribution in [2.75, 3.05) is 11.9 Å². The number of thiazole rings is 1. The number of nitrogens with one attached hydrogen (secondary N) is 2. The minimum atomic E-state index is 0.847. The topological polar surface area (TPSA) is 53.6 Å². The van der Waals surface area contributed by atoms with Gasteiger partial charge in [0.25, 0.3) is 0 Å². The highest BCUT2D eigenvalue weighted by atomic mass is 32.1. The highest BCUT2D eigenvalue weighted by molar-refractivity contribution is 7.13. The first-order chi connectivity index (χ1) is 9.36. The van der Waals surface area contributed by atoms with E-state index in [1.165, 1.54) is 6.42 Å². The monoisotopic (exact) mass is 272 g/mol. The van der Waals surface area contributed by atoms with Crippen molar-refractivity contribution in [2.45, 2.75) is 19.8 Å². The SMILES string of the molecule is CCCCNc1nc2ccc(-c3nccs3)cc2[nH]1. The van der Waals surface area contributed by atoms with E-state index in [0.717, 1.165) is 40.5 Å². The van der Waals surface area contributed by atoms with Crippen LogP contribution >= 0.6 is 11.3 Å². The van der Waals surface area contributed by atoms with Crippen molar-refractivity contribution in [3.8, 4) is 10.6 Å². The van der Waals surface area contributed by atoms with E-state index in [1.807, 2.05) is 17.6 Å². The Labute approximate surface area is 115 Å². The lowest BCUT2D eigenvalue weighted by atomic mass is 10.2. The summed E-state index contributed by atoms with van der Waals surface area (Å²) in [4.78, 5) is 12.2. The zero-order valence-corrected chi connectivity index (χ0v) is 11.6. The average Bonchev–Trinajstić information content (AvgIpc) is 3.07. The Kier molecular flexibility index (Phi) is 3.46. The predicted molar refractivity (Wildman–Crippen MR) is 80.6 cm³/mol. The lowest BCUT2D eigenvalue weighted by Crippen LogP contribution is -2.01. The van der Waals surface area contributed by atoms with Crippen molar-refractivity contribution in [1.82, 2.24) is 15.0 Å². The second-order valence-electron chi connectivity index (χ2n) is 4.43. The van der Waals surface area contributed by atoms with Crippen LogP contribution in [0.4, 0.5) is 5.95 Å². The zero-order chi connectivity index (χ0) is 13.1. The number of imidazole rings is 1. The smallest absolute Gasteiger partial charge is 0.201 e. The molecule has 4 nitrogen and oxygen atoms in total. The summed E-state index contributed by atoms with van der Waals surface area (Å²) >= 11 is 1.65. The summed E-state index contributed by atoms with van der Waals surface area (Å²) in [5.74, 6) is 0.847. The van der Waals surface area contributed by atoms with E-state index < -0.39 is 0 Å². The van der Waals surface area contributed by atoms with Crippen LogP contribution in [0.25, 0.3) is 21.6 Å². The summed E-state index contributed by atoms with van der Waals surface area (Å²) in [6.45, 7) is 3.14. The van der Waals surface area contributed by atoms with E-state index >= 15 is 0 Å². The molecular weight excluding hydrogens is 256 g/mol. The molecule has 0 aliphatic rings. The number of fused-ring (bicyclic) bond motifs is 1. The van der Waals surface area contributed by atoms with Crippen LogP contribution in [-0.2, 0) is 0 Å². The molecule has 98 valence electrons. The van der Waals surface area contributed by atoms with Crippen LogP contribution in [0.1, 0.15) is 19.8 Å². The normalized spacial score (nSPS) is 11.0. The molecule has 2 N–H and O–H groups in total. The van der Waals surface area contributed by atoms with E-state index in [-0.39, 0.29) is 0 Å². The van der Waals surface area contributed by atoms with Crippen LogP contribution in [0.2, 0.25) is 0 Å². The summed E-state index contributed by atoms with van der Waals surface area (Å²) < 4.78 is 0. The van der Waals surface area contributed by atoms with E-state index in [4.69, 9.17) is 0 Å². The van der Waals surface area contributed by atoms with E-state index in [2.05, 4.69) is 39.3 Å². The Morgan fingerprint density at radius 1 is 1.37 bits per heavy atom. The van der Waals surface area contributed by atoms with Crippen LogP contribution < -0.4 is 5.32 Å². The van der Waals surface area contributed by atoms with Gasteiger partial charge in [-0.15, -0.1) is 11.3 Å². The maximum Gasteiger partial charge on any atom is 0.201 e. The summed E-state index contributed by atoms with van der Waals surface area (Å²) in [6.07, 6.45) is 4.16. The summed E-state index contributed by atoms with van der Waals surface area (Å²) in [7, 11) is 0. The first-order valence-corrected chi connectivity index (χ1v) is 7.38. The molecule has 0 unspecified atom stereocenters. The van der Waals surface area contributed by atoms with Crippen LogP contribution in [0.3, 0.4) is 0 Å². The number of nitrogens with zero attached hydrogens (tertiary/aromatic N) is 2. The molecule has 0 atom stereocenters. The van der Waals surface area contributed by atoms with Gasteiger partial charge in [0.15, 0.2) is 0 Å². The molecule has 2 aromatic heterocycles. The standard InChI is InChI=1S/C14H16N4S/c1-2-3-6-16-14-17-11-5-4-10(9-12(11)18-14)13-15-7-8-19-13/h4-5,7-9H,2-3,6H2,1H3,(H2,16,17,18). The molecule has 0 aliphatic carbocycles. The highest BCUT2D eigenvalue weighted by Gasteiger charge is 2.05. The molecule has 0 saturated heterocycles. The lowest BCUT2D eigenvalue weighted by Gasteiger charge is -1.99. The fourth-order valence-electron chi connectivity index (χ4n) is 1.98. The number of H-pyrrole nitrogens is 1. The maximum atomic E-state index is 4.52. The lowest BCUT2D eigenvalue weighted by molar-refractivity contribution is 0.829. The molecular formula is C14H16N4S. The van der Waals surface area contributed by atoms with Gasteiger partial charge in [0.2, 0.25) is 5.95 Å². The largest absolute Gasteiger partial charge is 0.356 e. The first-order valence-electron chi connectivity index (χ1n) is 6.50. The van der Waals surface area contributed by atoms with Gasteiger partial charge in [-0.1, -0.05) is 13.3 Å². The third-order valence-electron chi connectivity index (χ3n) is 2.98. The average molecular weight is 272 g/mol. The van der Waals surface area contributed by atoms with E-state index in [9.17, 15) is 0 Å². The molecule has 1 aromatic carbocycles. The van der Waals surface area contributed by atoms with Gasteiger partial charge < -0.3 is 10.3 Å². The van der Waals surface area contributed by atoms with Crippen molar-refractivity contribution in [3.05, 3.63) is 29.8 Å². The van der Waals surface area contributed by atoms with E-state index in [0.29, 0.717) is 0 Å². The number of benzene rings is 1. The van der Waals surface area contributed by atoms with Crippen LogP contribution in [0.15, 0.2) is 29.8 Å². The minimum absolute atomic E-state index is 0.847. The number of hydrogen-bond donors (Lipinski definition) is 2. The van der Waals surface area contributed by atoms with Crippen molar-refractivity contribution in [2.24, 2.45) is 0 Å². The molecule has 3 aromatic rings. The minimum Gasteiger partial charge on any atom is -0.356 e. The van der Waals surface area contributed by atoms with Gasteiger partial charge in [-0.05, 0) is 24.6 Å². The fourth-order valence-corrected chi connectivity index (χ4v) is 2.61. The molecule has 19 heavy (non-hydrogen) atoms. The number of rotatable bonds is 5. The van der Waals surface area contributed by atoms with Crippen molar-refractivity contribution in [3.63, 3.8) is 0 Å². The molecule has 0 amide bonds. The molecule has 0 radical (unpaired) electrons. The number of anilines is 1. The maximum absolute atomic E-state index is 4.52. The number of aromatic amines is 1. The van der Waals surface area contributed by atoms with Gasteiger partial charge in [0.1, 0.15) is 5.01 Å². The Bertz CT molecular complexity index is 657. The van der Waals surface area contributed by atoms with Crippen LogP contribution in [0.5, 0.6) is 0 Å². The van der Waals surface area contributed by atoms with Gasteiger partial charge >= 0.3 is 0 Å². The summed E-state index contributed by atoms with van der Waals surface area (Å²) in [5.41, 5.74) is 3.16. The van der Waals surface area contributed by atoms with Gasteiger partial charge in [-0.25, -0.2) is 9.97 Å². The Balaban J connectivity index is 1.87. The molecule has 0 saturated carbocycles. The second-order valence-corrected chi connectivity index (χ2v) is 5.33. The Hall–Kier alpha value is -1.88. The quantitative estimate of drug-likeness (QED) is 0.693. The van der Waals surface area contributed by atoms with Gasteiger partial charge in [0, 0.05) is 23.7 Å². The molecule has 2 heterocycles. The Morgan fingerprint density at radius 2 is 2.32 bits per heavy atom. The fraction of sp³-hybridized carbons (Fsp3) is 0.286. The Morgan fingerprint density at radius 3 is 3.11 bits per heavy atom. The third-order valence-corrected chi connectivity index (χ3v) is 3.81. The third kappa shape index (κ3) is 2.61. The van der Waals surface area contributed by atoms with Gasteiger partial charge in [-0.2, -0.15) is 0 Å². The number of hydrogen-bond acceptors (Lipinski definition) is 4. The van der Waals surface area contributed by atoms with E-state index in [1.54, 1.807) is 11.3 Å². The van der Waals surface area contributed by atoms with Crippen molar-refractivity contribution in [1.29, 1.82) is 0 Å². The molecule has 3 rings (SSSR count). The first kappa shape index (κ1) is 12.2. The zero-order valence-electron chi connectivity index (χ0n) is 10.8. The molecule has 0 bridgehead atoms. The summed E-state index contributed by atoms with van der Waals surface area (Å²) in [5, 5.41) is 6.34. The van der Waals surface area contributed by atoms with Crippen LogP contribution in [-0.4, -0.2) is 21.5 Å². The van der Waals surface area contributed by atoms with Crippen molar-refractivity contribution < 1.29 is 0 Å². The summed E-state index contributed by atoms with van der Waals surface area (Å²) in [6, 6.07) is 6.21. The molecule has 0 fully saturated rings. The number of aromatic nitrogens is 3. The van der Waals surface area contributed by atoms with Crippen LogP contribution in [0, 0.1) is 0 Å². The second kappa shape index (κ2) is 5.40. The predicted octanol–water partition coefficient (Wildman–Crippen LogP) is 3.90. The van der Waals surface area contributed by atoms with Gasteiger partial charge in [0.05, 0.1) is 11.0 Å². The number of unbranched alkanes of at least 4 members (excludes halogenated alkanes) is 1. The molecule has 0 spiro atoms. The van der Waals surface area contributed by atoms with Crippen molar-refractivity contribution >= 4 is 28.3 Å².